The number of sulfonamides is 1. The molecule has 1 aromatic heterocycles. The highest BCUT2D eigenvalue weighted by molar-refractivity contribution is 7.88. The van der Waals surface area contributed by atoms with E-state index in [2.05, 4.69) is 4.72 Å². The SMILES string of the molecule is COc1ccc2c(c1)c(CNS(=O)(=O)Cc1ccccc1Cl)cn2C. The van der Waals surface area contributed by atoms with Gasteiger partial charge < -0.3 is 9.30 Å². The largest absolute Gasteiger partial charge is 0.497 e. The molecule has 2 aromatic carbocycles. The van der Waals surface area contributed by atoms with Gasteiger partial charge in [0, 0.05) is 35.7 Å². The van der Waals surface area contributed by atoms with Gasteiger partial charge in [0.15, 0.2) is 0 Å². The monoisotopic (exact) mass is 378 g/mol. The van der Waals surface area contributed by atoms with Crippen LogP contribution in [0.15, 0.2) is 48.7 Å². The molecule has 0 saturated heterocycles. The van der Waals surface area contributed by atoms with Crippen molar-refractivity contribution in [3.8, 4) is 5.75 Å². The minimum Gasteiger partial charge on any atom is -0.497 e. The minimum absolute atomic E-state index is 0.152. The fraction of sp³-hybridized carbons (Fsp3) is 0.222. The maximum atomic E-state index is 12.4. The quantitative estimate of drug-likeness (QED) is 0.714. The van der Waals surface area contributed by atoms with Gasteiger partial charge in [-0.25, -0.2) is 13.1 Å². The molecule has 1 heterocycles. The highest BCUT2D eigenvalue weighted by Crippen LogP contribution is 2.25. The summed E-state index contributed by atoms with van der Waals surface area (Å²) >= 11 is 6.05. The molecule has 0 bridgehead atoms. The second-order valence-corrected chi connectivity index (χ2v) is 8.03. The first kappa shape index (κ1) is 17.8. The van der Waals surface area contributed by atoms with Crippen molar-refractivity contribution in [1.82, 2.24) is 9.29 Å². The van der Waals surface area contributed by atoms with E-state index in [4.69, 9.17) is 16.3 Å². The number of rotatable bonds is 6. The maximum Gasteiger partial charge on any atom is 0.216 e. The molecule has 0 aliphatic carbocycles. The molecule has 3 rings (SSSR count). The van der Waals surface area contributed by atoms with Crippen molar-refractivity contribution >= 4 is 32.5 Å². The Balaban J connectivity index is 1.81. The average Bonchev–Trinajstić information content (AvgIpc) is 2.90. The zero-order chi connectivity index (χ0) is 18.0. The first-order valence-corrected chi connectivity index (χ1v) is 9.75. The fourth-order valence-corrected chi connectivity index (χ4v) is 4.20. The molecule has 1 N–H and O–H groups in total. The summed E-state index contributed by atoms with van der Waals surface area (Å²) < 4.78 is 34.7. The number of methoxy groups -OCH3 is 1. The Labute approximate surface area is 152 Å². The fourth-order valence-electron chi connectivity index (χ4n) is 2.78. The van der Waals surface area contributed by atoms with Crippen molar-refractivity contribution in [3.63, 3.8) is 0 Å². The number of hydrogen-bond acceptors (Lipinski definition) is 3. The molecule has 0 spiro atoms. The predicted molar refractivity (Wildman–Crippen MR) is 100 cm³/mol. The van der Waals surface area contributed by atoms with E-state index in [0.717, 1.165) is 22.2 Å². The summed E-state index contributed by atoms with van der Waals surface area (Å²) in [6, 6.07) is 12.7. The first-order valence-electron chi connectivity index (χ1n) is 7.72. The number of benzene rings is 2. The van der Waals surface area contributed by atoms with Gasteiger partial charge in [0.05, 0.1) is 12.9 Å². The van der Waals surface area contributed by atoms with E-state index in [-0.39, 0.29) is 12.3 Å². The zero-order valence-electron chi connectivity index (χ0n) is 14.0. The van der Waals surface area contributed by atoms with Crippen LogP contribution in [0.4, 0.5) is 0 Å². The minimum atomic E-state index is -3.51. The van der Waals surface area contributed by atoms with Crippen LogP contribution in [-0.2, 0) is 29.4 Å². The molecular weight excluding hydrogens is 360 g/mol. The zero-order valence-corrected chi connectivity index (χ0v) is 15.6. The van der Waals surface area contributed by atoms with Crippen molar-refractivity contribution < 1.29 is 13.2 Å². The lowest BCUT2D eigenvalue weighted by Crippen LogP contribution is -2.24. The highest BCUT2D eigenvalue weighted by Gasteiger charge is 2.15. The number of aryl methyl sites for hydroxylation is 1. The Morgan fingerprint density at radius 2 is 1.92 bits per heavy atom. The second kappa shape index (κ2) is 7.07. The van der Waals surface area contributed by atoms with Crippen molar-refractivity contribution in [2.75, 3.05) is 7.11 Å². The number of nitrogens with one attached hydrogen (secondary N) is 1. The van der Waals surface area contributed by atoms with Gasteiger partial charge in [-0.2, -0.15) is 0 Å². The van der Waals surface area contributed by atoms with Crippen LogP contribution in [0.25, 0.3) is 10.9 Å². The Hall–Kier alpha value is -2.02. The van der Waals surface area contributed by atoms with Gasteiger partial charge in [-0.1, -0.05) is 29.8 Å². The molecule has 0 unspecified atom stereocenters. The summed E-state index contributed by atoms with van der Waals surface area (Å²) in [5.41, 5.74) is 2.48. The van der Waals surface area contributed by atoms with E-state index in [1.54, 1.807) is 31.4 Å². The molecule has 7 heteroatoms. The molecule has 0 amide bonds. The molecule has 0 saturated carbocycles. The lowest BCUT2D eigenvalue weighted by molar-refractivity contribution is 0.415. The van der Waals surface area contributed by atoms with Crippen LogP contribution in [0.5, 0.6) is 5.75 Å². The second-order valence-electron chi connectivity index (χ2n) is 5.82. The summed E-state index contributed by atoms with van der Waals surface area (Å²) in [4.78, 5) is 0. The Bertz CT molecular complexity index is 1010. The molecule has 132 valence electrons. The van der Waals surface area contributed by atoms with Gasteiger partial charge in [0.2, 0.25) is 10.0 Å². The number of halogens is 1. The van der Waals surface area contributed by atoms with Crippen LogP contribution in [0.3, 0.4) is 0 Å². The molecule has 0 aliphatic rings. The predicted octanol–water partition coefficient (Wildman–Crippen LogP) is 3.46. The third kappa shape index (κ3) is 3.98. The van der Waals surface area contributed by atoms with Crippen molar-refractivity contribution in [3.05, 3.63) is 64.8 Å². The summed E-state index contributed by atoms with van der Waals surface area (Å²) in [6.07, 6.45) is 1.92. The van der Waals surface area contributed by atoms with Gasteiger partial charge in [-0.05, 0) is 35.4 Å². The maximum absolute atomic E-state index is 12.4. The molecular formula is C18H19ClN2O3S. The lowest BCUT2D eigenvalue weighted by Gasteiger charge is -2.08. The van der Waals surface area contributed by atoms with Crippen molar-refractivity contribution in [2.24, 2.45) is 7.05 Å². The third-order valence-corrected chi connectivity index (χ3v) is 5.71. The summed E-state index contributed by atoms with van der Waals surface area (Å²) in [5.74, 6) is 0.583. The Morgan fingerprint density at radius 3 is 2.64 bits per heavy atom. The van der Waals surface area contributed by atoms with E-state index in [1.807, 2.05) is 36.0 Å². The van der Waals surface area contributed by atoms with Crippen LogP contribution < -0.4 is 9.46 Å². The van der Waals surface area contributed by atoms with Crippen LogP contribution >= 0.6 is 11.6 Å². The number of hydrogen-bond donors (Lipinski definition) is 1. The van der Waals surface area contributed by atoms with Crippen LogP contribution in [0.2, 0.25) is 5.02 Å². The highest BCUT2D eigenvalue weighted by atomic mass is 35.5. The van der Waals surface area contributed by atoms with Crippen LogP contribution in [0.1, 0.15) is 11.1 Å². The van der Waals surface area contributed by atoms with Gasteiger partial charge in [-0.3, -0.25) is 0 Å². The summed E-state index contributed by atoms with van der Waals surface area (Å²) in [6.45, 7) is 0.206. The van der Waals surface area contributed by atoms with Crippen molar-refractivity contribution in [2.45, 2.75) is 12.3 Å². The Morgan fingerprint density at radius 1 is 1.16 bits per heavy atom. The average molecular weight is 379 g/mol. The molecule has 0 aliphatic heterocycles. The molecule has 0 radical (unpaired) electrons. The number of fused-ring (bicyclic) bond motifs is 1. The van der Waals surface area contributed by atoms with Gasteiger partial charge in [0.25, 0.3) is 0 Å². The molecule has 25 heavy (non-hydrogen) atoms. The summed E-state index contributed by atoms with van der Waals surface area (Å²) in [7, 11) is 0.0290. The molecule has 5 nitrogen and oxygen atoms in total. The topological polar surface area (TPSA) is 60.3 Å². The Kier molecular flexibility index (Phi) is 5.03. The van der Waals surface area contributed by atoms with Crippen LogP contribution in [0, 0.1) is 0 Å². The lowest BCUT2D eigenvalue weighted by atomic mass is 10.1. The van der Waals surface area contributed by atoms with E-state index in [9.17, 15) is 8.42 Å². The molecule has 0 fully saturated rings. The standard InChI is InChI=1S/C18H19ClN2O3S/c1-21-11-14(16-9-15(24-2)7-8-18(16)21)10-20-25(22,23)12-13-5-3-4-6-17(13)19/h3-9,11,20H,10,12H2,1-2H3. The van der Waals surface area contributed by atoms with Gasteiger partial charge in [0.1, 0.15) is 5.75 Å². The van der Waals surface area contributed by atoms with E-state index >= 15 is 0 Å². The first-order chi connectivity index (χ1) is 11.9. The van der Waals surface area contributed by atoms with Gasteiger partial charge >= 0.3 is 0 Å². The molecule has 0 atom stereocenters. The van der Waals surface area contributed by atoms with Gasteiger partial charge in [-0.15, -0.1) is 0 Å². The normalized spacial score (nSPS) is 11.8. The van der Waals surface area contributed by atoms with Crippen LogP contribution in [-0.4, -0.2) is 20.1 Å². The molecule has 3 aromatic rings. The number of nitrogens with zero attached hydrogens (tertiary/aromatic N) is 1. The van der Waals surface area contributed by atoms with E-state index in [1.165, 1.54) is 0 Å². The third-order valence-electron chi connectivity index (χ3n) is 4.07. The number of ether oxygens (including phenoxy) is 1. The number of aromatic nitrogens is 1. The van der Waals surface area contributed by atoms with Crippen molar-refractivity contribution in [1.29, 1.82) is 0 Å². The van der Waals surface area contributed by atoms with E-state index < -0.39 is 10.0 Å². The summed E-state index contributed by atoms with van der Waals surface area (Å²) in [5, 5.41) is 1.41. The van der Waals surface area contributed by atoms with E-state index in [0.29, 0.717) is 10.6 Å². The smallest absolute Gasteiger partial charge is 0.216 e.